The summed E-state index contributed by atoms with van der Waals surface area (Å²) in [6.07, 6.45) is 3.49. The highest BCUT2D eigenvalue weighted by Crippen LogP contribution is 2.19. The molecule has 1 atom stereocenters. The second kappa shape index (κ2) is 10.2. The predicted molar refractivity (Wildman–Crippen MR) is 88.4 cm³/mol. The molecule has 3 heteroatoms. The Hall–Kier alpha value is -1.61. The minimum absolute atomic E-state index is 0. The standard InChI is InChI=1S/C15H21NO2.C2H6.H2/c1-11-7-14(6-5-12(2)17)9-15(8-11)18-13(3)10-16-4;1-2;/h5-9,13,16H,10H2,1-4H3;1-2H3;1H/b6-5+;;/t13-;;/m1../s1. The van der Waals surface area contributed by atoms with Crippen LogP contribution in [0.2, 0.25) is 0 Å². The fraction of sp³-hybridized carbons (Fsp3) is 0.471. The summed E-state index contributed by atoms with van der Waals surface area (Å²) in [6, 6.07) is 5.96. The van der Waals surface area contributed by atoms with Crippen LogP contribution < -0.4 is 10.1 Å². The smallest absolute Gasteiger partial charge is 0.152 e. The van der Waals surface area contributed by atoms with Crippen molar-refractivity contribution in [3.8, 4) is 5.75 Å². The number of rotatable bonds is 6. The van der Waals surface area contributed by atoms with Gasteiger partial charge in [-0.1, -0.05) is 26.0 Å². The molecule has 20 heavy (non-hydrogen) atoms. The summed E-state index contributed by atoms with van der Waals surface area (Å²) in [5, 5.41) is 3.07. The van der Waals surface area contributed by atoms with Gasteiger partial charge in [-0.05, 0) is 57.2 Å². The van der Waals surface area contributed by atoms with Gasteiger partial charge in [0.1, 0.15) is 11.9 Å². The lowest BCUT2D eigenvalue weighted by molar-refractivity contribution is -0.112. The maximum absolute atomic E-state index is 10.9. The zero-order valence-corrected chi connectivity index (χ0v) is 13.5. The Kier molecular flexibility index (Phi) is 9.39. The van der Waals surface area contributed by atoms with Gasteiger partial charge in [-0.25, -0.2) is 0 Å². The van der Waals surface area contributed by atoms with E-state index in [0.29, 0.717) is 0 Å². The predicted octanol–water partition coefficient (Wildman–Crippen LogP) is 3.86. The fourth-order valence-corrected chi connectivity index (χ4v) is 1.72. The second-order valence-corrected chi connectivity index (χ2v) is 4.51. The van der Waals surface area contributed by atoms with Crippen LogP contribution in [0.15, 0.2) is 24.3 Å². The Balaban J connectivity index is 0. The molecule has 0 aliphatic heterocycles. The number of carbonyl (C=O) groups excluding carboxylic acids is 1. The monoisotopic (exact) mass is 279 g/mol. The van der Waals surface area contributed by atoms with E-state index in [1.807, 2.05) is 59.0 Å². The third kappa shape index (κ3) is 7.74. The molecule has 0 aliphatic carbocycles. The van der Waals surface area contributed by atoms with E-state index in [4.69, 9.17) is 4.74 Å². The van der Waals surface area contributed by atoms with E-state index in [0.717, 1.165) is 23.4 Å². The number of nitrogens with one attached hydrogen (secondary N) is 1. The summed E-state index contributed by atoms with van der Waals surface area (Å²) in [7, 11) is 1.90. The van der Waals surface area contributed by atoms with Crippen molar-refractivity contribution in [2.45, 2.75) is 40.7 Å². The van der Waals surface area contributed by atoms with Gasteiger partial charge in [-0.2, -0.15) is 0 Å². The van der Waals surface area contributed by atoms with E-state index < -0.39 is 0 Å². The number of ether oxygens (including phenoxy) is 1. The quantitative estimate of drug-likeness (QED) is 0.804. The van der Waals surface area contributed by atoms with Crippen LogP contribution in [0.1, 0.15) is 40.2 Å². The Morgan fingerprint density at radius 2 is 2.05 bits per heavy atom. The molecule has 0 fully saturated rings. The van der Waals surface area contributed by atoms with Gasteiger partial charge in [0.2, 0.25) is 0 Å². The summed E-state index contributed by atoms with van der Waals surface area (Å²) >= 11 is 0. The molecule has 0 spiro atoms. The molecule has 114 valence electrons. The average Bonchev–Trinajstić information content (AvgIpc) is 2.38. The number of ketones is 1. The van der Waals surface area contributed by atoms with Crippen molar-refractivity contribution < 1.29 is 11.0 Å². The minimum atomic E-state index is 0. The molecule has 1 N–H and O–H groups in total. The summed E-state index contributed by atoms with van der Waals surface area (Å²) in [5.41, 5.74) is 2.10. The molecule has 3 nitrogen and oxygen atoms in total. The van der Waals surface area contributed by atoms with Crippen molar-refractivity contribution in [2.75, 3.05) is 13.6 Å². The number of allylic oxidation sites excluding steroid dienone is 1. The first-order valence-corrected chi connectivity index (χ1v) is 7.13. The van der Waals surface area contributed by atoms with Gasteiger partial charge in [0.25, 0.3) is 0 Å². The number of hydrogen-bond acceptors (Lipinski definition) is 3. The van der Waals surface area contributed by atoms with Crippen molar-refractivity contribution in [1.29, 1.82) is 0 Å². The zero-order valence-electron chi connectivity index (χ0n) is 13.5. The highest BCUT2D eigenvalue weighted by molar-refractivity contribution is 5.91. The summed E-state index contributed by atoms with van der Waals surface area (Å²) in [6.45, 7) is 10.4. The van der Waals surface area contributed by atoms with E-state index in [1.165, 1.54) is 0 Å². The number of likely N-dealkylation sites (N-methyl/N-ethyl adjacent to an activating group) is 1. The Morgan fingerprint density at radius 1 is 1.40 bits per heavy atom. The van der Waals surface area contributed by atoms with E-state index >= 15 is 0 Å². The number of benzene rings is 1. The van der Waals surface area contributed by atoms with Crippen molar-refractivity contribution >= 4 is 11.9 Å². The summed E-state index contributed by atoms with van der Waals surface area (Å²) in [5.74, 6) is 0.878. The number of carbonyl (C=O) groups is 1. The lowest BCUT2D eigenvalue weighted by Crippen LogP contribution is -2.26. The van der Waals surface area contributed by atoms with Crippen molar-refractivity contribution in [3.05, 3.63) is 35.4 Å². The van der Waals surface area contributed by atoms with Crippen LogP contribution in [0.5, 0.6) is 5.75 Å². The molecule has 1 aromatic carbocycles. The summed E-state index contributed by atoms with van der Waals surface area (Å²) in [4.78, 5) is 10.9. The highest BCUT2D eigenvalue weighted by Gasteiger charge is 2.04. The van der Waals surface area contributed by atoms with Crippen molar-refractivity contribution in [1.82, 2.24) is 5.32 Å². The van der Waals surface area contributed by atoms with Crippen LogP contribution in [0.4, 0.5) is 0 Å². The third-order valence-corrected chi connectivity index (χ3v) is 2.41. The van der Waals surface area contributed by atoms with Gasteiger partial charge in [0.15, 0.2) is 5.78 Å². The van der Waals surface area contributed by atoms with Gasteiger partial charge in [0.05, 0.1) is 0 Å². The second-order valence-electron chi connectivity index (χ2n) is 4.51. The van der Waals surface area contributed by atoms with Crippen molar-refractivity contribution in [2.24, 2.45) is 0 Å². The first kappa shape index (κ1) is 18.4. The summed E-state index contributed by atoms with van der Waals surface area (Å²) < 4.78 is 5.80. The maximum atomic E-state index is 10.9. The maximum Gasteiger partial charge on any atom is 0.152 e. The molecule has 0 unspecified atom stereocenters. The van der Waals surface area contributed by atoms with E-state index in [9.17, 15) is 4.79 Å². The molecule has 0 heterocycles. The van der Waals surface area contributed by atoms with Crippen LogP contribution in [0.25, 0.3) is 6.08 Å². The lowest BCUT2D eigenvalue weighted by Gasteiger charge is -2.15. The Morgan fingerprint density at radius 3 is 2.60 bits per heavy atom. The van der Waals surface area contributed by atoms with Crippen LogP contribution >= 0.6 is 0 Å². The Labute approximate surface area is 124 Å². The van der Waals surface area contributed by atoms with E-state index in [-0.39, 0.29) is 13.3 Å². The van der Waals surface area contributed by atoms with Crippen LogP contribution in [0.3, 0.4) is 0 Å². The fourth-order valence-electron chi connectivity index (χ4n) is 1.72. The van der Waals surface area contributed by atoms with Crippen LogP contribution in [-0.2, 0) is 4.79 Å². The first-order chi connectivity index (χ1) is 9.51. The normalized spacial score (nSPS) is 11.7. The number of aryl methyl sites for hydroxylation is 1. The molecule has 0 amide bonds. The zero-order chi connectivity index (χ0) is 15.5. The topological polar surface area (TPSA) is 38.3 Å². The third-order valence-electron chi connectivity index (χ3n) is 2.41. The molecule has 0 saturated heterocycles. The molecular formula is C17H29NO2. The van der Waals surface area contributed by atoms with E-state index in [1.54, 1.807) is 13.0 Å². The lowest BCUT2D eigenvalue weighted by atomic mass is 10.1. The molecule has 0 bridgehead atoms. The number of hydrogen-bond donors (Lipinski definition) is 1. The largest absolute Gasteiger partial charge is 0.489 e. The molecule has 0 aliphatic rings. The van der Waals surface area contributed by atoms with E-state index in [2.05, 4.69) is 5.32 Å². The van der Waals surface area contributed by atoms with Gasteiger partial charge in [-0.15, -0.1) is 0 Å². The van der Waals surface area contributed by atoms with Gasteiger partial charge in [-0.3, -0.25) is 4.79 Å². The highest BCUT2D eigenvalue weighted by atomic mass is 16.5. The molecule has 0 radical (unpaired) electrons. The van der Waals surface area contributed by atoms with Gasteiger partial charge >= 0.3 is 0 Å². The minimum Gasteiger partial charge on any atom is -0.489 e. The van der Waals surface area contributed by atoms with Crippen LogP contribution in [-0.4, -0.2) is 25.5 Å². The van der Waals surface area contributed by atoms with Gasteiger partial charge < -0.3 is 10.1 Å². The SMILES string of the molecule is CC.CNC[C@@H](C)Oc1cc(C)cc(/C=C/C(C)=O)c1.[HH]. The molecular weight excluding hydrogens is 250 g/mol. The average molecular weight is 279 g/mol. The molecule has 1 rings (SSSR count). The Bertz CT molecular complexity index is 444. The molecule has 0 saturated carbocycles. The van der Waals surface area contributed by atoms with Crippen LogP contribution in [0, 0.1) is 6.92 Å². The first-order valence-electron chi connectivity index (χ1n) is 7.13. The molecule has 1 aromatic rings. The van der Waals surface area contributed by atoms with Crippen molar-refractivity contribution in [3.63, 3.8) is 0 Å². The van der Waals surface area contributed by atoms with Gasteiger partial charge in [0, 0.05) is 7.97 Å². The molecule has 0 aromatic heterocycles.